The topological polar surface area (TPSA) is 57.6 Å². The van der Waals surface area contributed by atoms with Crippen LogP contribution in [0.25, 0.3) is 10.9 Å². The van der Waals surface area contributed by atoms with Gasteiger partial charge in [0.1, 0.15) is 0 Å². The van der Waals surface area contributed by atoms with Crippen LogP contribution in [0, 0.1) is 5.92 Å². The van der Waals surface area contributed by atoms with E-state index in [1.54, 1.807) is 0 Å². The molecule has 1 unspecified atom stereocenters. The first-order chi connectivity index (χ1) is 13.2. The van der Waals surface area contributed by atoms with E-state index < -0.39 is 0 Å². The highest BCUT2D eigenvalue weighted by Gasteiger charge is 2.29. The van der Waals surface area contributed by atoms with E-state index in [0.29, 0.717) is 19.5 Å². The van der Waals surface area contributed by atoms with Crippen molar-refractivity contribution in [2.45, 2.75) is 39.3 Å². The lowest BCUT2D eigenvalue weighted by Gasteiger charge is -2.22. The van der Waals surface area contributed by atoms with Crippen LogP contribution in [0.15, 0.2) is 30.3 Å². The molecule has 1 aromatic heterocycles. The summed E-state index contributed by atoms with van der Waals surface area (Å²) in [5.41, 5.74) is 2.43. The SMILES string of the molecule is CCCN1CC(CNC(=O)N2CCCn3c(cc4ccccc43)C2)CC1=O. The largest absolute Gasteiger partial charge is 0.343 e. The summed E-state index contributed by atoms with van der Waals surface area (Å²) >= 11 is 0. The Hall–Kier alpha value is -2.50. The van der Waals surface area contributed by atoms with Gasteiger partial charge < -0.3 is 19.7 Å². The van der Waals surface area contributed by atoms with Crippen LogP contribution in [0.4, 0.5) is 4.79 Å². The fraction of sp³-hybridized carbons (Fsp3) is 0.524. The minimum atomic E-state index is -0.0184. The molecular weight excluding hydrogens is 340 g/mol. The minimum Gasteiger partial charge on any atom is -0.343 e. The van der Waals surface area contributed by atoms with Gasteiger partial charge in [-0.1, -0.05) is 25.1 Å². The second-order valence-corrected chi connectivity index (χ2v) is 7.72. The Kier molecular flexibility index (Phi) is 5.05. The highest BCUT2D eigenvalue weighted by molar-refractivity contribution is 5.82. The molecule has 3 amide bonds. The molecule has 0 bridgehead atoms. The number of hydrogen-bond acceptors (Lipinski definition) is 2. The summed E-state index contributed by atoms with van der Waals surface area (Å²) in [4.78, 5) is 28.5. The predicted octanol–water partition coefficient (Wildman–Crippen LogP) is 2.82. The van der Waals surface area contributed by atoms with E-state index in [1.165, 1.54) is 16.6 Å². The second kappa shape index (κ2) is 7.62. The number of carbonyl (C=O) groups excluding carboxylic acids is 2. The van der Waals surface area contributed by atoms with Crippen molar-refractivity contribution in [2.75, 3.05) is 26.2 Å². The van der Waals surface area contributed by atoms with Gasteiger partial charge in [0.15, 0.2) is 0 Å². The van der Waals surface area contributed by atoms with E-state index >= 15 is 0 Å². The maximum absolute atomic E-state index is 12.7. The number of likely N-dealkylation sites (tertiary alicyclic amines) is 1. The van der Waals surface area contributed by atoms with Crippen LogP contribution >= 0.6 is 0 Å². The summed E-state index contributed by atoms with van der Waals surface area (Å²) in [6.07, 6.45) is 2.48. The molecule has 6 heteroatoms. The summed E-state index contributed by atoms with van der Waals surface area (Å²) in [7, 11) is 0. The van der Waals surface area contributed by atoms with Gasteiger partial charge in [0.25, 0.3) is 0 Å². The van der Waals surface area contributed by atoms with Crippen LogP contribution in [0.5, 0.6) is 0 Å². The van der Waals surface area contributed by atoms with Crippen LogP contribution in [-0.4, -0.2) is 52.5 Å². The smallest absolute Gasteiger partial charge is 0.317 e. The zero-order valence-electron chi connectivity index (χ0n) is 16.0. The molecule has 2 aromatic rings. The summed E-state index contributed by atoms with van der Waals surface area (Å²) in [6.45, 7) is 6.57. The van der Waals surface area contributed by atoms with Crippen LogP contribution in [0.1, 0.15) is 31.9 Å². The van der Waals surface area contributed by atoms with Gasteiger partial charge in [-0.05, 0) is 30.4 Å². The summed E-state index contributed by atoms with van der Waals surface area (Å²) in [6, 6.07) is 10.6. The Bertz CT molecular complexity index is 844. The zero-order valence-corrected chi connectivity index (χ0v) is 16.0. The fourth-order valence-corrected chi connectivity index (χ4v) is 4.35. The van der Waals surface area contributed by atoms with Crippen LogP contribution < -0.4 is 5.32 Å². The molecule has 0 saturated carbocycles. The van der Waals surface area contributed by atoms with Gasteiger partial charge in [-0.15, -0.1) is 0 Å². The maximum Gasteiger partial charge on any atom is 0.317 e. The lowest BCUT2D eigenvalue weighted by molar-refractivity contribution is -0.127. The normalized spacial score (nSPS) is 20.0. The van der Waals surface area contributed by atoms with Crippen molar-refractivity contribution < 1.29 is 9.59 Å². The van der Waals surface area contributed by atoms with Gasteiger partial charge in [0.2, 0.25) is 5.91 Å². The monoisotopic (exact) mass is 368 g/mol. The molecule has 0 aliphatic carbocycles. The van der Waals surface area contributed by atoms with E-state index in [4.69, 9.17) is 0 Å². The lowest BCUT2D eigenvalue weighted by Crippen LogP contribution is -2.42. The molecule has 1 atom stereocenters. The number of benzene rings is 1. The third-order valence-electron chi connectivity index (χ3n) is 5.68. The molecule has 2 aliphatic rings. The van der Waals surface area contributed by atoms with Gasteiger partial charge in [-0.25, -0.2) is 4.79 Å². The van der Waals surface area contributed by atoms with E-state index in [9.17, 15) is 9.59 Å². The third kappa shape index (κ3) is 3.66. The first kappa shape index (κ1) is 17.9. The summed E-state index contributed by atoms with van der Waals surface area (Å²) < 4.78 is 2.33. The second-order valence-electron chi connectivity index (χ2n) is 7.72. The van der Waals surface area contributed by atoms with E-state index in [2.05, 4.69) is 47.1 Å². The van der Waals surface area contributed by atoms with Gasteiger partial charge in [-0.3, -0.25) is 4.79 Å². The number of fused-ring (bicyclic) bond motifs is 3. The van der Waals surface area contributed by atoms with Crippen molar-refractivity contribution in [1.29, 1.82) is 0 Å². The average Bonchev–Trinajstić information content (AvgIpc) is 3.11. The summed E-state index contributed by atoms with van der Waals surface area (Å²) in [5, 5.41) is 4.30. The quantitative estimate of drug-likeness (QED) is 0.902. The van der Waals surface area contributed by atoms with Gasteiger partial charge >= 0.3 is 6.03 Å². The first-order valence-electron chi connectivity index (χ1n) is 10.0. The molecule has 3 heterocycles. The zero-order chi connectivity index (χ0) is 18.8. The maximum atomic E-state index is 12.7. The van der Waals surface area contributed by atoms with Crippen molar-refractivity contribution in [2.24, 2.45) is 5.92 Å². The highest BCUT2D eigenvalue weighted by Crippen LogP contribution is 2.24. The molecule has 4 rings (SSSR count). The molecule has 1 saturated heterocycles. The van der Waals surface area contributed by atoms with Crippen molar-refractivity contribution in [1.82, 2.24) is 19.7 Å². The van der Waals surface area contributed by atoms with Crippen LogP contribution in [0.3, 0.4) is 0 Å². The van der Waals surface area contributed by atoms with E-state index in [1.807, 2.05) is 9.80 Å². The number of rotatable bonds is 4. The first-order valence-corrected chi connectivity index (χ1v) is 10.0. The number of aromatic nitrogens is 1. The van der Waals surface area contributed by atoms with Crippen molar-refractivity contribution in [3.63, 3.8) is 0 Å². The molecule has 6 nitrogen and oxygen atoms in total. The Morgan fingerprint density at radius 3 is 2.96 bits per heavy atom. The molecule has 1 N–H and O–H groups in total. The molecule has 1 aromatic carbocycles. The Labute approximate surface area is 160 Å². The van der Waals surface area contributed by atoms with Crippen molar-refractivity contribution >= 4 is 22.8 Å². The van der Waals surface area contributed by atoms with E-state index in [0.717, 1.165) is 39.0 Å². The Morgan fingerprint density at radius 1 is 1.26 bits per heavy atom. The van der Waals surface area contributed by atoms with Crippen molar-refractivity contribution in [3.05, 3.63) is 36.0 Å². The molecule has 144 valence electrons. The number of carbonyl (C=O) groups is 2. The number of hydrogen-bond donors (Lipinski definition) is 1. The molecule has 2 aliphatic heterocycles. The highest BCUT2D eigenvalue weighted by atomic mass is 16.2. The Balaban J connectivity index is 1.37. The van der Waals surface area contributed by atoms with E-state index in [-0.39, 0.29) is 17.9 Å². The van der Waals surface area contributed by atoms with Gasteiger partial charge in [0, 0.05) is 56.3 Å². The fourth-order valence-electron chi connectivity index (χ4n) is 4.35. The van der Waals surface area contributed by atoms with Crippen LogP contribution in [0.2, 0.25) is 0 Å². The van der Waals surface area contributed by atoms with Gasteiger partial charge in [0.05, 0.1) is 6.54 Å². The molecule has 1 fully saturated rings. The molecule has 27 heavy (non-hydrogen) atoms. The number of aryl methyl sites for hydroxylation is 1. The molecule has 0 spiro atoms. The summed E-state index contributed by atoms with van der Waals surface area (Å²) in [5.74, 6) is 0.446. The number of urea groups is 1. The standard InChI is InChI=1S/C21H28N4O2/c1-2-8-23-14-16(11-20(23)26)13-22-21(27)24-9-5-10-25-18(15-24)12-17-6-3-4-7-19(17)25/h3-4,6-7,12,16H,2,5,8-11,13-15H2,1H3,(H,22,27). The number of nitrogens with one attached hydrogen (secondary N) is 1. The molecule has 0 radical (unpaired) electrons. The lowest BCUT2D eigenvalue weighted by atomic mass is 10.1. The Morgan fingerprint density at radius 2 is 2.11 bits per heavy atom. The predicted molar refractivity (Wildman–Crippen MR) is 105 cm³/mol. The van der Waals surface area contributed by atoms with Crippen LogP contribution in [-0.2, 0) is 17.9 Å². The number of amides is 3. The minimum absolute atomic E-state index is 0.0184. The number of para-hydroxylation sites is 1. The average molecular weight is 368 g/mol. The van der Waals surface area contributed by atoms with Crippen molar-refractivity contribution in [3.8, 4) is 0 Å². The molecular formula is C21H28N4O2. The number of nitrogens with zero attached hydrogens (tertiary/aromatic N) is 3. The van der Waals surface area contributed by atoms with Gasteiger partial charge in [-0.2, -0.15) is 0 Å². The third-order valence-corrected chi connectivity index (χ3v) is 5.68.